The van der Waals surface area contributed by atoms with E-state index in [1.54, 1.807) is 0 Å². The maximum Gasteiger partial charge on any atom is 0.239 e. The first kappa shape index (κ1) is 10.9. The third-order valence-electron chi connectivity index (χ3n) is 1.77. The minimum Gasteiger partial charge on any atom is -0.322 e. The minimum atomic E-state index is -0.245. The molecule has 0 bridgehead atoms. The van der Waals surface area contributed by atoms with Gasteiger partial charge in [0.05, 0.1) is 17.1 Å². The molecular weight excluding hydrogens is 202 g/mol. The molecule has 0 atom stereocenters. The van der Waals surface area contributed by atoms with Crippen LogP contribution in [0.1, 0.15) is 17.2 Å². The molecular formula is C9H12ClN3O. The predicted molar refractivity (Wildman–Crippen MR) is 55.6 cm³/mol. The van der Waals surface area contributed by atoms with Gasteiger partial charge in [0.25, 0.3) is 0 Å². The highest BCUT2D eigenvalue weighted by Crippen LogP contribution is 2.16. The molecule has 0 saturated carbocycles. The lowest BCUT2D eigenvalue weighted by Crippen LogP contribution is -2.16. The summed E-state index contributed by atoms with van der Waals surface area (Å²) in [6.45, 7) is 5.46. The largest absolute Gasteiger partial charge is 0.322 e. The second kappa shape index (κ2) is 4.37. The van der Waals surface area contributed by atoms with Crippen LogP contribution < -0.4 is 5.32 Å². The number of alkyl halides is 1. The molecule has 0 aliphatic rings. The van der Waals surface area contributed by atoms with Gasteiger partial charge in [0, 0.05) is 0 Å². The summed E-state index contributed by atoms with van der Waals surface area (Å²) in [7, 11) is 0. The molecule has 1 heterocycles. The van der Waals surface area contributed by atoms with Gasteiger partial charge >= 0.3 is 0 Å². The van der Waals surface area contributed by atoms with Crippen molar-refractivity contribution >= 4 is 23.2 Å². The Labute approximate surface area is 87.7 Å². The quantitative estimate of drug-likeness (QED) is 0.759. The molecule has 0 radical (unpaired) electrons. The Balaban J connectivity index is 3.02. The summed E-state index contributed by atoms with van der Waals surface area (Å²) in [5.41, 5.74) is 2.17. The average Bonchev–Trinajstić information content (AvgIpc) is 2.10. The van der Waals surface area contributed by atoms with Gasteiger partial charge < -0.3 is 5.32 Å². The number of carbonyl (C=O) groups excluding carboxylic acids is 1. The van der Waals surface area contributed by atoms with Crippen LogP contribution in [0.2, 0.25) is 0 Å². The number of hydrogen-bond donors (Lipinski definition) is 1. The van der Waals surface area contributed by atoms with Crippen molar-refractivity contribution in [3.8, 4) is 0 Å². The Morgan fingerprint density at radius 1 is 1.29 bits per heavy atom. The lowest BCUT2D eigenvalue weighted by molar-refractivity contribution is -0.113. The van der Waals surface area contributed by atoms with Gasteiger partial charge in [-0.2, -0.15) is 0 Å². The molecule has 0 aliphatic heterocycles. The molecule has 14 heavy (non-hydrogen) atoms. The van der Waals surface area contributed by atoms with E-state index in [0.717, 1.165) is 11.4 Å². The zero-order valence-electron chi connectivity index (χ0n) is 8.39. The summed E-state index contributed by atoms with van der Waals surface area (Å²) < 4.78 is 0. The number of hydrogen-bond acceptors (Lipinski definition) is 3. The zero-order chi connectivity index (χ0) is 10.7. The highest BCUT2D eigenvalue weighted by Gasteiger charge is 2.08. The number of aromatic nitrogens is 2. The van der Waals surface area contributed by atoms with Crippen LogP contribution in [0.4, 0.5) is 5.69 Å². The molecule has 0 aromatic carbocycles. The lowest BCUT2D eigenvalue weighted by Gasteiger charge is -2.09. The topological polar surface area (TPSA) is 54.9 Å². The monoisotopic (exact) mass is 213 g/mol. The smallest absolute Gasteiger partial charge is 0.239 e. The molecule has 1 amide bonds. The second-order valence-corrected chi connectivity index (χ2v) is 3.27. The molecule has 5 heteroatoms. The van der Waals surface area contributed by atoms with E-state index in [0.29, 0.717) is 11.5 Å². The van der Waals surface area contributed by atoms with Crippen molar-refractivity contribution in [2.45, 2.75) is 20.8 Å². The van der Waals surface area contributed by atoms with Crippen molar-refractivity contribution in [1.29, 1.82) is 0 Å². The SMILES string of the molecule is Cc1nc(C)c(NC(=O)CCl)c(C)n1. The van der Waals surface area contributed by atoms with E-state index >= 15 is 0 Å². The van der Waals surface area contributed by atoms with Crippen LogP contribution >= 0.6 is 11.6 Å². The van der Waals surface area contributed by atoms with Crippen LogP contribution in [0, 0.1) is 20.8 Å². The Kier molecular flexibility index (Phi) is 3.41. The van der Waals surface area contributed by atoms with Crippen LogP contribution in [0.3, 0.4) is 0 Å². The molecule has 76 valence electrons. The third kappa shape index (κ3) is 2.42. The van der Waals surface area contributed by atoms with Gasteiger partial charge in [0.15, 0.2) is 0 Å². The Hall–Kier alpha value is -1.16. The van der Waals surface area contributed by atoms with Gasteiger partial charge in [-0.3, -0.25) is 4.79 Å². The van der Waals surface area contributed by atoms with E-state index in [-0.39, 0.29) is 11.8 Å². The van der Waals surface area contributed by atoms with Gasteiger partial charge in [-0.15, -0.1) is 11.6 Å². The lowest BCUT2D eigenvalue weighted by atomic mass is 10.2. The molecule has 4 nitrogen and oxygen atoms in total. The van der Waals surface area contributed by atoms with Crippen LogP contribution in [0.25, 0.3) is 0 Å². The van der Waals surface area contributed by atoms with E-state index < -0.39 is 0 Å². The van der Waals surface area contributed by atoms with E-state index in [9.17, 15) is 4.79 Å². The zero-order valence-corrected chi connectivity index (χ0v) is 9.14. The molecule has 1 aromatic rings. The fourth-order valence-electron chi connectivity index (χ4n) is 1.24. The second-order valence-electron chi connectivity index (χ2n) is 3.00. The number of amides is 1. The number of rotatable bonds is 2. The number of halogens is 1. The molecule has 0 aliphatic carbocycles. The van der Waals surface area contributed by atoms with Gasteiger partial charge in [0.2, 0.25) is 5.91 Å². The molecule has 0 fully saturated rings. The number of aryl methyl sites for hydroxylation is 3. The number of anilines is 1. The highest BCUT2D eigenvalue weighted by atomic mass is 35.5. The Morgan fingerprint density at radius 3 is 2.21 bits per heavy atom. The van der Waals surface area contributed by atoms with Crippen LogP contribution in [0.5, 0.6) is 0 Å². The summed E-state index contributed by atoms with van der Waals surface area (Å²) in [5.74, 6) is 0.390. The number of carbonyl (C=O) groups is 1. The minimum absolute atomic E-state index is 0.0627. The highest BCUT2D eigenvalue weighted by molar-refractivity contribution is 6.29. The van der Waals surface area contributed by atoms with E-state index in [1.165, 1.54) is 0 Å². The van der Waals surface area contributed by atoms with Gasteiger partial charge in [-0.1, -0.05) is 0 Å². The van der Waals surface area contributed by atoms with E-state index in [2.05, 4.69) is 15.3 Å². The first-order chi connectivity index (χ1) is 6.54. The summed E-state index contributed by atoms with van der Waals surface area (Å²) in [5, 5.41) is 2.66. The maximum atomic E-state index is 11.1. The summed E-state index contributed by atoms with van der Waals surface area (Å²) in [4.78, 5) is 19.4. The predicted octanol–water partition coefficient (Wildman–Crippen LogP) is 1.58. The average molecular weight is 214 g/mol. The Bertz CT molecular complexity index is 342. The first-order valence-corrected chi connectivity index (χ1v) is 4.75. The molecule has 1 aromatic heterocycles. The van der Waals surface area contributed by atoms with Crippen molar-refractivity contribution in [3.63, 3.8) is 0 Å². The van der Waals surface area contributed by atoms with E-state index in [4.69, 9.17) is 11.6 Å². The first-order valence-electron chi connectivity index (χ1n) is 4.22. The number of nitrogens with zero attached hydrogens (tertiary/aromatic N) is 2. The molecule has 0 spiro atoms. The standard InChI is InChI=1S/C9H12ClN3O/c1-5-9(13-8(14)4-10)6(2)12-7(3)11-5/h4H2,1-3H3,(H,13,14). The normalized spacial score (nSPS) is 10.0. The van der Waals surface area contributed by atoms with Crippen LogP contribution in [-0.2, 0) is 4.79 Å². The van der Waals surface area contributed by atoms with Crippen LogP contribution in [-0.4, -0.2) is 21.8 Å². The van der Waals surface area contributed by atoms with Crippen molar-refractivity contribution in [1.82, 2.24) is 9.97 Å². The molecule has 1 rings (SSSR count). The molecule has 0 unspecified atom stereocenters. The summed E-state index contributed by atoms with van der Waals surface area (Å²) in [6.07, 6.45) is 0. The fourth-order valence-corrected chi connectivity index (χ4v) is 1.30. The van der Waals surface area contributed by atoms with Crippen molar-refractivity contribution in [2.24, 2.45) is 0 Å². The molecule has 0 saturated heterocycles. The molecule has 1 N–H and O–H groups in total. The van der Waals surface area contributed by atoms with Crippen molar-refractivity contribution in [2.75, 3.05) is 11.2 Å². The van der Waals surface area contributed by atoms with Gasteiger partial charge in [0.1, 0.15) is 11.7 Å². The van der Waals surface area contributed by atoms with Gasteiger partial charge in [-0.25, -0.2) is 9.97 Å². The van der Waals surface area contributed by atoms with Crippen LogP contribution in [0.15, 0.2) is 0 Å². The fraction of sp³-hybridized carbons (Fsp3) is 0.444. The maximum absolute atomic E-state index is 11.1. The third-order valence-corrected chi connectivity index (χ3v) is 2.01. The summed E-state index contributed by atoms with van der Waals surface area (Å²) >= 11 is 5.38. The van der Waals surface area contributed by atoms with Crippen molar-refractivity contribution in [3.05, 3.63) is 17.2 Å². The number of nitrogens with one attached hydrogen (secondary N) is 1. The van der Waals surface area contributed by atoms with Gasteiger partial charge in [-0.05, 0) is 20.8 Å². The van der Waals surface area contributed by atoms with Crippen molar-refractivity contribution < 1.29 is 4.79 Å². The van der Waals surface area contributed by atoms with E-state index in [1.807, 2.05) is 20.8 Å². The summed E-state index contributed by atoms with van der Waals surface area (Å²) in [6, 6.07) is 0. The Morgan fingerprint density at radius 2 is 1.79 bits per heavy atom.